The fraction of sp³-hybridized carbons (Fsp3) is 0.500. The van der Waals surface area contributed by atoms with Crippen molar-refractivity contribution in [3.8, 4) is 0 Å². The molecule has 1 aromatic heterocycles. The lowest BCUT2D eigenvalue weighted by Gasteiger charge is -2.19. The van der Waals surface area contributed by atoms with E-state index in [2.05, 4.69) is 14.7 Å². The number of fused-ring (bicyclic) bond motifs is 1. The molecule has 0 saturated heterocycles. The maximum Gasteiger partial charge on any atom is 0.236 e. The van der Waals surface area contributed by atoms with E-state index in [1.807, 2.05) is 6.92 Å². The predicted molar refractivity (Wildman–Crippen MR) is 62.3 cm³/mol. The van der Waals surface area contributed by atoms with Crippen LogP contribution in [0.2, 0.25) is 0 Å². The van der Waals surface area contributed by atoms with Gasteiger partial charge in [-0.05, 0) is 12.3 Å². The molecule has 7 heteroatoms. The molecule has 0 fully saturated rings. The van der Waals surface area contributed by atoms with Crippen LogP contribution in [-0.2, 0) is 16.4 Å². The molecule has 1 N–H and O–H groups in total. The van der Waals surface area contributed by atoms with Gasteiger partial charge in [0.25, 0.3) is 0 Å². The highest BCUT2D eigenvalue weighted by atomic mass is 32.2. The van der Waals surface area contributed by atoms with E-state index >= 15 is 0 Å². The number of ketones is 1. The summed E-state index contributed by atoms with van der Waals surface area (Å²) >= 11 is 0. The Balaban J connectivity index is 2.37. The summed E-state index contributed by atoms with van der Waals surface area (Å²) in [5.74, 6) is 0.272. The molecule has 1 heterocycles. The molecular formula is C10H13N3O3S. The van der Waals surface area contributed by atoms with Gasteiger partial charge in [-0.25, -0.2) is 18.4 Å². The second-order valence-corrected chi connectivity index (χ2v) is 6.11. The van der Waals surface area contributed by atoms with Gasteiger partial charge in [-0.2, -0.15) is 0 Å². The van der Waals surface area contributed by atoms with Crippen LogP contribution in [0.5, 0.6) is 0 Å². The molecule has 1 aliphatic rings. The zero-order valence-corrected chi connectivity index (χ0v) is 10.4. The van der Waals surface area contributed by atoms with Gasteiger partial charge in [0.2, 0.25) is 16.0 Å². The minimum absolute atomic E-state index is 0.0182. The maximum atomic E-state index is 11.7. The number of carbonyl (C=O) groups excluding carboxylic acids is 1. The summed E-state index contributed by atoms with van der Waals surface area (Å²) in [6.45, 7) is 1.96. The summed E-state index contributed by atoms with van der Waals surface area (Å²) in [7, 11) is -3.39. The number of sulfonamides is 1. The molecule has 1 atom stereocenters. The predicted octanol–water partition coefficient (Wildman–Crippen LogP) is 0.613. The van der Waals surface area contributed by atoms with Crippen molar-refractivity contribution >= 4 is 21.8 Å². The second kappa shape index (κ2) is 4.06. The Morgan fingerprint density at radius 1 is 1.41 bits per heavy atom. The largest absolute Gasteiger partial charge is 0.294 e. The van der Waals surface area contributed by atoms with E-state index in [0.29, 0.717) is 24.1 Å². The molecule has 6 nitrogen and oxygen atoms in total. The number of aromatic nitrogens is 2. The number of carbonyl (C=O) groups is 1. The van der Waals surface area contributed by atoms with Gasteiger partial charge in [-0.1, -0.05) is 6.92 Å². The topological polar surface area (TPSA) is 89.0 Å². The first kappa shape index (κ1) is 12.0. The van der Waals surface area contributed by atoms with Gasteiger partial charge in [-0.3, -0.25) is 9.52 Å². The minimum Gasteiger partial charge on any atom is -0.294 e. The van der Waals surface area contributed by atoms with Crippen LogP contribution >= 0.6 is 0 Å². The van der Waals surface area contributed by atoms with Crippen molar-refractivity contribution < 1.29 is 13.2 Å². The Hall–Kier alpha value is -1.50. The molecular weight excluding hydrogens is 242 g/mol. The number of rotatable bonds is 2. The fourth-order valence-corrected chi connectivity index (χ4v) is 2.28. The van der Waals surface area contributed by atoms with E-state index in [1.54, 1.807) is 0 Å². The van der Waals surface area contributed by atoms with Gasteiger partial charge >= 0.3 is 0 Å². The van der Waals surface area contributed by atoms with Gasteiger partial charge in [-0.15, -0.1) is 0 Å². The maximum absolute atomic E-state index is 11.7. The number of anilines is 1. The molecule has 1 aliphatic carbocycles. The van der Waals surface area contributed by atoms with Crippen LogP contribution in [0.4, 0.5) is 5.95 Å². The van der Waals surface area contributed by atoms with Crippen molar-refractivity contribution in [1.82, 2.24) is 9.97 Å². The van der Waals surface area contributed by atoms with Crippen molar-refractivity contribution in [2.24, 2.45) is 5.92 Å². The number of nitrogens with zero attached hydrogens (tertiary/aromatic N) is 2. The molecule has 0 saturated carbocycles. The molecule has 0 amide bonds. The number of Topliss-reactive ketones (excluding diaryl/α,β-unsaturated/α-hetero) is 1. The highest BCUT2D eigenvalue weighted by Gasteiger charge is 2.24. The molecule has 2 rings (SSSR count). The van der Waals surface area contributed by atoms with Crippen molar-refractivity contribution in [2.75, 3.05) is 11.0 Å². The van der Waals surface area contributed by atoms with E-state index < -0.39 is 10.0 Å². The highest BCUT2D eigenvalue weighted by Crippen LogP contribution is 2.24. The second-order valence-electron chi connectivity index (χ2n) is 4.36. The van der Waals surface area contributed by atoms with Gasteiger partial charge in [0.15, 0.2) is 5.78 Å². The normalized spacial score (nSPS) is 19.9. The molecule has 1 aromatic rings. The Morgan fingerprint density at radius 2 is 2.12 bits per heavy atom. The summed E-state index contributed by atoms with van der Waals surface area (Å²) in [5.41, 5.74) is 1.12. The van der Waals surface area contributed by atoms with Crippen LogP contribution in [0.3, 0.4) is 0 Å². The molecule has 0 spiro atoms. The van der Waals surface area contributed by atoms with E-state index in [9.17, 15) is 13.2 Å². The van der Waals surface area contributed by atoms with Gasteiger partial charge in [0, 0.05) is 12.6 Å². The Labute approximate surface area is 99.5 Å². The molecule has 0 bridgehead atoms. The summed E-state index contributed by atoms with van der Waals surface area (Å²) in [4.78, 5) is 19.6. The van der Waals surface area contributed by atoms with Crippen molar-refractivity contribution in [3.63, 3.8) is 0 Å². The first-order valence-corrected chi connectivity index (χ1v) is 7.11. The van der Waals surface area contributed by atoms with Crippen LogP contribution in [-0.4, -0.2) is 30.4 Å². The minimum atomic E-state index is -3.39. The van der Waals surface area contributed by atoms with Crippen LogP contribution in [0.25, 0.3) is 0 Å². The molecule has 0 aromatic carbocycles. The lowest BCUT2D eigenvalue weighted by Crippen LogP contribution is -2.21. The first-order valence-electron chi connectivity index (χ1n) is 5.22. The average Bonchev–Trinajstić information content (AvgIpc) is 2.13. The average molecular weight is 255 g/mol. The molecule has 17 heavy (non-hydrogen) atoms. The van der Waals surface area contributed by atoms with Crippen LogP contribution in [0.15, 0.2) is 6.20 Å². The number of hydrogen-bond acceptors (Lipinski definition) is 5. The van der Waals surface area contributed by atoms with Gasteiger partial charge in [0.1, 0.15) is 0 Å². The van der Waals surface area contributed by atoms with Crippen LogP contribution in [0.1, 0.15) is 29.4 Å². The number of nitrogens with one attached hydrogen (secondary N) is 1. The van der Waals surface area contributed by atoms with Crippen molar-refractivity contribution in [1.29, 1.82) is 0 Å². The molecule has 92 valence electrons. The van der Waals surface area contributed by atoms with Gasteiger partial charge in [0.05, 0.1) is 17.5 Å². The monoisotopic (exact) mass is 255 g/mol. The van der Waals surface area contributed by atoms with Crippen LogP contribution < -0.4 is 4.72 Å². The quantitative estimate of drug-likeness (QED) is 0.836. The number of hydrogen-bond donors (Lipinski definition) is 1. The zero-order chi connectivity index (χ0) is 12.6. The first-order chi connectivity index (χ1) is 7.85. The fourth-order valence-electron chi connectivity index (χ4n) is 1.85. The lowest BCUT2D eigenvalue weighted by atomic mass is 9.88. The molecule has 0 aliphatic heterocycles. The van der Waals surface area contributed by atoms with E-state index in [4.69, 9.17) is 0 Å². The third kappa shape index (κ3) is 2.79. The Morgan fingerprint density at radius 3 is 2.76 bits per heavy atom. The summed E-state index contributed by atoms with van der Waals surface area (Å²) in [6.07, 6.45) is 3.59. The Kier molecular flexibility index (Phi) is 2.86. The van der Waals surface area contributed by atoms with E-state index in [0.717, 1.165) is 6.26 Å². The van der Waals surface area contributed by atoms with Gasteiger partial charge < -0.3 is 0 Å². The highest BCUT2D eigenvalue weighted by molar-refractivity contribution is 7.91. The molecule has 0 radical (unpaired) electrons. The third-order valence-electron chi connectivity index (χ3n) is 2.52. The standard InChI is InChI=1S/C10H13N3O3S/c1-6-3-8-7(9(14)4-6)5-11-10(12-8)13-17(2,15)16/h5-6H,3-4H2,1-2H3,(H,11,12,13)/t6-/m0/s1. The van der Waals surface area contributed by atoms with Crippen molar-refractivity contribution in [2.45, 2.75) is 19.8 Å². The summed E-state index contributed by atoms with van der Waals surface area (Å²) < 4.78 is 24.3. The van der Waals surface area contributed by atoms with Crippen LogP contribution in [0, 0.1) is 5.92 Å². The molecule has 0 unspecified atom stereocenters. The van der Waals surface area contributed by atoms with E-state index in [-0.39, 0.29) is 17.6 Å². The summed E-state index contributed by atoms with van der Waals surface area (Å²) in [5, 5.41) is 0. The Bertz CT molecular complexity index is 568. The summed E-state index contributed by atoms with van der Waals surface area (Å²) in [6, 6.07) is 0. The van der Waals surface area contributed by atoms with E-state index in [1.165, 1.54) is 6.20 Å². The lowest BCUT2D eigenvalue weighted by molar-refractivity contribution is 0.0951. The third-order valence-corrected chi connectivity index (χ3v) is 3.07. The smallest absolute Gasteiger partial charge is 0.236 e. The zero-order valence-electron chi connectivity index (χ0n) is 9.60. The van der Waals surface area contributed by atoms with Crippen molar-refractivity contribution in [3.05, 3.63) is 17.5 Å². The SMILES string of the molecule is C[C@@H]1CC(=O)c2cnc(NS(C)(=O)=O)nc2C1.